The largest absolute Gasteiger partial charge is 0.0984 e. The van der Waals surface area contributed by atoms with E-state index in [2.05, 4.69) is 51.6 Å². The molecular formula is C17H28. The topological polar surface area (TPSA) is 0 Å². The lowest BCUT2D eigenvalue weighted by Crippen LogP contribution is -1.84. The van der Waals surface area contributed by atoms with Crippen molar-refractivity contribution in [3.8, 4) is 0 Å². The van der Waals surface area contributed by atoms with Gasteiger partial charge < -0.3 is 0 Å². The monoisotopic (exact) mass is 232 g/mol. The van der Waals surface area contributed by atoms with Crippen LogP contribution in [0.15, 0.2) is 30.9 Å². The molecule has 0 heterocycles. The van der Waals surface area contributed by atoms with E-state index < -0.39 is 0 Å². The molecule has 0 saturated carbocycles. The summed E-state index contributed by atoms with van der Waals surface area (Å²) < 4.78 is 0. The van der Waals surface area contributed by atoms with Gasteiger partial charge in [-0.2, -0.15) is 0 Å². The summed E-state index contributed by atoms with van der Waals surface area (Å²) in [6.45, 7) is 16.2. The van der Waals surface area contributed by atoms with Crippen molar-refractivity contribution in [1.29, 1.82) is 0 Å². The van der Waals surface area contributed by atoms with E-state index in [4.69, 9.17) is 0 Å². The summed E-state index contributed by atoms with van der Waals surface area (Å²) in [5.41, 5.74) is 3.75. The molecule has 0 fully saturated rings. The summed E-state index contributed by atoms with van der Waals surface area (Å²) >= 11 is 0. The lowest BCUT2D eigenvalue weighted by atomic mass is 10.0. The van der Waals surface area contributed by atoms with Crippen LogP contribution < -0.4 is 0 Å². The van der Waals surface area contributed by atoms with Crippen LogP contribution in [-0.4, -0.2) is 0 Å². The van der Waals surface area contributed by atoms with Crippen LogP contribution in [0.2, 0.25) is 0 Å². The first-order chi connectivity index (χ1) is 8.21. The minimum absolute atomic E-state index is 1.23. The number of hydrogen-bond acceptors (Lipinski definition) is 0. The SMILES string of the molecule is C=Cc1c(C)cccc1/C=C\C.CC.CCC. The second kappa shape index (κ2) is 12.8. The second-order valence-electron chi connectivity index (χ2n) is 3.49. The molecule has 0 spiro atoms. The first-order valence-electron chi connectivity index (χ1n) is 6.55. The quantitative estimate of drug-likeness (QED) is 0.576. The summed E-state index contributed by atoms with van der Waals surface area (Å²) in [5.74, 6) is 0. The number of benzene rings is 1. The molecule has 0 N–H and O–H groups in total. The molecule has 0 aliphatic heterocycles. The number of rotatable bonds is 2. The van der Waals surface area contributed by atoms with E-state index in [-0.39, 0.29) is 0 Å². The summed E-state index contributed by atoms with van der Waals surface area (Å²) in [6, 6.07) is 6.27. The van der Waals surface area contributed by atoms with E-state index in [1.54, 1.807) is 0 Å². The van der Waals surface area contributed by atoms with Crippen LogP contribution >= 0.6 is 0 Å². The molecule has 0 amide bonds. The fourth-order valence-electron chi connectivity index (χ4n) is 1.31. The van der Waals surface area contributed by atoms with Gasteiger partial charge in [-0.15, -0.1) is 0 Å². The third-order valence-electron chi connectivity index (χ3n) is 1.91. The summed E-state index contributed by atoms with van der Waals surface area (Å²) in [6.07, 6.45) is 7.30. The predicted octanol–water partition coefficient (Wildman–Crippen LogP) is 6.11. The average Bonchev–Trinajstić information content (AvgIpc) is 2.33. The number of aryl methyl sites for hydroxylation is 1. The fourth-order valence-corrected chi connectivity index (χ4v) is 1.31. The van der Waals surface area contributed by atoms with Crippen molar-refractivity contribution < 1.29 is 0 Å². The Labute approximate surface area is 108 Å². The molecule has 17 heavy (non-hydrogen) atoms. The number of allylic oxidation sites excluding steroid dienone is 1. The molecule has 0 heteroatoms. The zero-order valence-corrected chi connectivity index (χ0v) is 12.4. The van der Waals surface area contributed by atoms with Crippen molar-refractivity contribution in [3.05, 3.63) is 47.5 Å². The van der Waals surface area contributed by atoms with Gasteiger partial charge in [-0.05, 0) is 30.5 Å². The van der Waals surface area contributed by atoms with Crippen LogP contribution in [0.4, 0.5) is 0 Å². The number of hydrogen-bond donors (Lipinski definition) is 0. The molecule has 1 aromatic rings. The Morgan fingerprint density at radius 1 is 1.18 bits per heavy atom. The Balaban J connectivity index is 0. The van der Waals surface area contributed by atoms with Gasteiger partial charge in [-0.3, -0.25) is 0 Å². The molecule has 96 valence electrons. The molecular weight excluding hydrogens is 204 g/mol. The molecule has 0 aliphatic carbocycles. The highest BCUT2D eigenvalue weighted by atomic mass is 14.0. The third kappa shape index (κ3) is 7.57. The molecule has 0 radical (unpaired) electrons. The predicted molar refractivity (Wildman–Crippen MR) is 83.3 cm³/mol. The van der Waals surface area contributed by atoms with E-state index in [0.29, 0.717) is 0 Å². The highest BCUT2D eigenvalue weighted by Gasteiger charge is 1.96. The molecule has 0 aromatic heterocycles. The first-order valence-corrected chi connectivity index (χ1v) is 6.55. The van der Waals surface area contributed by atoms with Crippen molar-refractivity contribution in [2.75, 3.05) is 0 Å². The second-order valence-corrected chi connectivity index (χ2v) is 3.49. The van der Waals surface area contributed by atoms with Crippen molar-refractivity contribution in [2.45, 2.75) is 48.0 Å². The summed E-state index contributed by atoms with van der Waals surface area (Å²) in [4.78, 5) is 0. The summed E-state index contributed by atoms with van der Waals surface area (Å²) in [7, 11) is 0. The molecule has 0 saturated heterocycles. The zero-order valence-electron chi connectivity index (χ0n) is 12.4. The third-order valence-corrected chi connectivity index (χ3v) is 1.91. The van der Waals surface area contributed by atoms with Crippen molar-refractivity contribution in [2.24, 2.45) is 0 Å². The van der Waals surface area contributed by atoms with Crippen LogP contribution in [0, 0.1) is 6.92 Å². The maximum atomic E-state index is 3.80. The van der Waals surface area contributed by atoms with Crippen LogP contribution in [0.1, 0.15) is 57.7 Å². The Kier molecular flexibility index (Phi) is 13.6. The van der Waals surface area contributed by atoms with Gasteiger partial charge in [0, 0.05) is 0 Å². The maximum Gasteiger partial charge on any atom is -0.0161 e. The van der Waals surface area contributed by atoms with Gasteiger partial charge in [0.1, 0.15) is 0 Å². The van der Waals surface area contributed by atoms with Crippen molar-refractivity contribution in [1.82, 2.24) is 0 Å². The lowest BCUT2D eigenvalue weighted by molar-refractivity contribution is 1.09. The molecule has 0 aliphatic rings. The normalized spacial score (nSPS) is 8.82. The Bertz CT molecular complexity index is 319. The van der Waals surface area contributed by atoms with E-state index in [0.717, 1.165) is 0 Å². The van der Waals surface area contributed by atoms with Crippen molar-refractivity contribution >= 4 is 12.2 Å². The molecule has 1 aromatic carbocycles. The molecule has 0 unspecified atom stereocenters. The van der Waals surface area contributed by atoms with Gasteiger partial charge in [-0.1, -0.05) is 77.1 Å². The van der Waals surface area contributed by atoms with E-state index in [1.165, 1.54) is 23.1 Å². The Morgan fingerprint density at radius 3 is 2.12 bits per heavy atom. The van der Waals surface area contributed by atoms with E-state index in [1.807, 2.05) is 32.9 Å². The summed E-state index contributed by atoms with van der Waals surface area (Å²) in [5, 5.41) is 0. The molecule has 0 bridgehead atoms. The van der Waals surface area contributed by atoms with Gasteiger partial charge >= 0.3 is 0 Å². The van der Waals surface area contributed by atoms with E-state index in [9.17, 15) is 0 Å². The molecule has 1 rings (SSSR count). The zero-order chi connectivity index (χ0) is 13.7. The van der Waals surface area contributed by atoms with Gasteiger partial charge in [0.05, 0.1) is 0 Å². The lowest BCUT2D eigenvalue weighted by Gasteiger charge is -2.03. The van der Waals surface area contributed by atoms with Crippen LogP contribution in [0.25, 0.3) is 12.2 Å². The molecule has 0 nitrogen and oxygen atoms in total. The smallest absolute Gasteiger partial charge is 0.0161 e. The van der Waals surface area contributed by atoms with Gasteiger partial charge in [0.25, 0.3) is 0 Å². The maximum absolute atomic E-state index is 3.80. The minimum Gasteiger partial charge on any atom is -0.0984 e. The standard InChI is InChI=1S/C12H14.C3H8.C2H6/c1-4-7-11-9-6-8-10(3)12(11)5-2;1-3-2;1-2/h4-9H,2H2,1,3H3;3H2,1-2H3;1-2H3/b7-4-;;. The fraction of sp³-hybridized carbons (Fsp3) is 0.412. The average molecular weight is 232 g/mol. The van der Waals surface area contributed by atoms with Crippen LogP contribution in [0.5, 0.6) is 0 Å². The Hall–Kier alpha value is -1.30. The molecule has 0 atom stereocenters. The Morgan fingerprint density at radius 2 is 1.71 bits per heavy atom. The van der Waals surface area contributed by atoms with Gasteiger partial charge in [-0.25, -0.2) is 0 Å². The highest BCUT2D eigenvalue weighted by molar-refractivity contribution is 5.66. The van der Waals surface area contributed by atoms with Gasteiger partial charge in [0.15, 0.2) is 0 Å². The van der Waals surface area contributed by atoms with Crippen LogP contribution in [0.3, 0.4) is 0 Å². The van der Waals surface area contributed by atoms with Crippen LogP contribution in [-0.2, 0) is 0 Å². The van der Waals surface area contributed by atoms with Crippen molar-refractivity contribution in [3.63, 3.8) is 0 Å². The van der Waals surface area contributed by atoms with E-state index >= 15 is 0 Å². The minimum atomic E-state index is 1.23. The highest BCUT2D eigenvalue weighted by Crippen LogP contribution is 2.16. The van der Waals surface area contributed by atoms with Gasteiger partial charge in [0.2, 0.25) is 0 Å². The first kappa shape index (κ1) is 18.1.